The van der Waals surface area contributed by atoms with Gasteiger partial charge in [-0.2, -0.15) is 0 Å². The van der Waals surface area contributed by atoms with Gasteiger partial charge in [0.2, 0.25) is 0 Å². The highest BCUT2D eigenvalue weighted by Gasteiger charge is 2.17. The first kappa shape index (κ1) is 18.3. The molecule has 2 aromatic carbocycles. The van der Waals surface area contributed by atoms with Gasteiger partial charge in [-0.25, -0.2) is 0 Å². The number of aryl methyl sites for hydroxylation is 1. The topological polar surface area (TPSA) is 27.1 Å². The maximum absolute atomic E-state index is 8.89. The van der Waals surface area contributed by atoms with E-state index in [1.807, 2.05) is 6.07 Å². The molecule has 0 saturated carbocycles. The molecule has 0 radical (unpaired) electrons. The van der Waals surface area contributed by atoms with E-state index in [4.69, 9.17) is 5.41 Å². The summed E-state index contributed by atoms with van der Waals surface area (Å²) < 4.78 is 0. The number of allylic oxidation sites excluding steroid dienone is 2. The summed E-state index contributed by atoms with van der Waals surface area (Å²) in [5.74, 6) is 0. The zero-order valence-electron chi connectivity index (χ0n) is 16.5. The maximum Gasteiger partial charge on any atom is 0.0693 e. The molecule has 1 aliphatic rings. The van der Waals surface area contributed by atoms with Crippen LogP contribution in [0.5, 0.6) is 0 Å². The Labute approximate surface area is 157 Å². The fraction of sp³-hybridized carbons (Fsp3) is 0.292. The smallest absolute Gasteiger partial charge is 0.0693 e. The molecule has 0 aromatic heterocycles. The highest BCUT2D eigenvalue weighted by Crippen LogP contribution is 2.31. The minimum atomic E-state index is 0.614. The van der Waals surface area contributed by atoms with Gasteiger partial charge >= 0.3 is 0 Å². The molecular weight excluding hydrogens is 316 g/mol. The predicted octanol–water partition coefficient (Wildman–Crippen LogP) is 5.30. The average molecular weight is 345 g/mol. The summed E-state index contributed by atoms with van der Waals surface area (Å²) >= 11 is 0. The second kappa shape index (κ2) is 7.43. The van der Waals surface area contributed by atoms with Gasteiger partial charge in [-0.05, 0) is 74.7 Å². The van der Waals surface area contributed by atoms with Crippen molar-refractivity contribution in [2.75, 3.05) is 20.6 Å². The Morgan fingerprint density at radius 1 is 0.962 bits per heavy atom. The molecule has 0 heterocycles. The van der Waals surface area contributed by atoms with Gasteiger partial charge in [0.25, 0.3) is 0 Å². The van der Waals surface area contributed by atoms with Gasteiger partial charge in [-0.15, -0.1) is 0 Å². The highest BCUT2D eigenvalue weighted by molar-refractivity contribution is 6.14. The molecule has 0 amide bonds. The van der Waals surface area contributed by atoms with Crippen molar-refractivity contribution in [3.05, 3.63) is 87.5 Å². The number of rotatable bonds is 5. The molecule has 1 aliphatic carbocycles. The van der Waals surface area contributed by atoms with Crippen LogP contribution in [0, 0.1) is 26.2 Å². The van der Waals surface area contributed by atoms with Crippen LogP contribution in [0.2, 0.25) is 0 Å². The number of likely N-dealkylation sites (N-methyl/N-ethyl adjacent to an activating group) is 1. The Morgan fingerprint density at radius 3 is 2.42 bits per heavy atom. The molecule has 26 heavy (non-hydrogen) atoms. The zero-order valence-corrected chi connectivity index (χ0v) is 16.5. The van der Waals surface area contributed by atoms with E-state index in [0.717, 1.165) is 24.1 Å². The van der Waals surface area contributed by atoms with Crippen LogP contribution in [-0.4, -0.2) is 31.3 Å². The average Bonchev–Trinajstić information content (AvgIpc) is 3.07. The summed E-state index contributed by atoms with van der Waals surface area (Å²) in [5, 5.41) is 8.89. The Morgan fingerprint density at radius 2 is 1.69 bits per heavy atom. The number of hydrogen-bond acceptors (Lipinski definition) is 2. The molecule has 0 atom stereocenters. The summed E-state index contributed by atoms with van der Waals surface area (Å²) in [6.45, 7) is 7.36. The first-order valence-corrected chi connectivity index (χ1v) is 9.18. The van der Waals surface area contributed by atoms with E-state index in [-0.39, 0.29) is 0 Å². The van der Waals surface area contributed by atoms with Crippen molar-refractivity contribution in [2.24, 2.45) is 0 Å². The molecule has 0 unspecified atom stereocenters. The quantitative estimate of drug-likeness (QED) is 0.732. The van der Waals surface area contributed by atoms with Gasteiger partial charge in [0.05, 0.1) is 5.71 Å². The fourth-order valence-corrected chi connectivity index (χ4v) is 3.60. The molecule has 134 valence electrons. The van der Waals surface area contributed by atoms with Crippen LogP contribution < -0.4 is 0 Å². The Bertz CT molecular complexity index is 914. The van der Waals surface area contributed by atoms with Crippen molar-refractivity contribution < 1.29 is 0 Å². The van der Waals surface area contributed by atoms with Crippen LogP contribution in [0.15, 0.2) is 54.1 Å². The predicted molar refractivity (Wildman–Crippen MR) is 112 cm³/mol. The molecule has 3 rings (SSSR count). The van der Waals surface area contributed by atoms with Crippen LogP contribution in [0.1, 0.15) is 39.8 Å². The van der Waals surface area contributed by atoms with Crippen LogP contribution >= 0.6 is 0 Å². The van der Waals surface area contributed by atoms with Crippen molar-refractivity contribution in [2.45, 2.75) is 27.2 Å². The van der Waals surface area contributed by atoms with Crippen LogP contribution in [-0.2, 0) is 0 Å². The SMILES string of the molecule is Cc1ccc(C(=N)c2ccccc2C2=CC(CN(C)C)=CC2)c(C)c1C. The largest absolute Gasteiger partial charge is 0.305 e. The zero-order chi connectivity index (χ0) is 18.8. The van der Waals surface area contributed by atoms with Crippen molar-refractivity contribution in [3.8, 4) is 0 Å². The van der Waals surface area contributed by atoms with Gasteiger partial charge in [-0.3, -0.25) is 5.41 Å². The van der Waals surface area contributed by atoms with Crippen molar-refractivity contribution >= 4 is 11.3 Å². The lowest BCUT2D eigenvalue weighted by atomic mass is 9.89. The van der Waals surface area contributed by atoms with Gasteiger partial charge in [0, 0.05) is 17.7 Å². The first-order valence-electron chi connectivity index (χ1n) is 9.18. The third kappa shape index (κ3) is 3.56. The summed E-state index contributed by atoms with van der Waals surface area (Å²) in [7, 11) is 4.19. The van der Waals surface area contributed by atoms with E-state index in [9.17, 15) is 0 Å². The second-order valence-corrected chi connectivity index (χ2v) is 7.49. The lowest BCUT2D eigenvalue weighted by molar-refractivity contribution is 0.449. The summed E-state index contributed by atoms with van der Waals surface area (Å²) in [6.07, 6.45) is 5.54. The van der Waals surface area contributed by atoms with E-state index in [1.165, 1.54) is 33.4 Å². The van der Waals surface area contributed by atoms with Gasteiger partial charge in [0.15, 0.2) is 0 Å². The van der Waals surface area contributed by atoms with Crippen LogP contribution in [0.3, 0.4) is 0 Å². The van der Waals surface area contributed by atoms with Crippen LogP contribution in [0.25, 0.3) is 5.57 Å². The Kier molecular flexibility index (Phi) is 5.24. The highest BCUT2D eigenvalue weighted by atomic mass is 15.0. The number of benzene rings is 2. The maximum atomic E-state index is 8.89. The van der Waals surface area contributed by atoms with E-state index in [2.05, 4.69) is 82.3 Å². The van der Waals surface area contributed by atoms with Crippen molar-refractivity contribution in [1.82, 2.24) is 4.90 Å². The lowest BCUT2D eigenvalue weighted by Crippen LogP contribution is -2.13. The third-order valence-electron chi connectivity index (χ3n) is 5.31. The normalized spacial score (nSPS) is 13.8. The second-order valence-electron chi connectivity index (χ2n) is 7.49. The van der Waals surface area contributed by atoms with E-state index >= 15 is 0 Å². The molecule has 2 aromatic rings. The number of nitrogens with one attached hydrogen (secondary N) is 1. The van der Waals surface area contributed by atoms with Crippen molar-refractivity contribution in [3.63, 3.8) is 0 Å². The molecule has 0 aliphatic heterocycles. The van der Waals surface area contributed by atoms with E-state index in [0.29, 0.717) is 5.71 Å². The monoisotopic (exact) mass is 344 g/mol. The van der Waals surface area contributed by atoms with Gasteiger partial charge in [0.1, 0.15) is 0 Å². The molecule has 2 nitrogen and oxygen atoms in total. The summed E-state index contributed by atoms with van der Waals surface area (Å²) in [6, 6.07) is 12.6. The Hall–Kier alpha value is -2.45. The molecule has 1 N–H and O–H groups in total. The molecule has 0 saturated heterocycles. The summed E-state index contributed by atoms with van der Waals surface area (Å²) in [5.41, 5.74) is 10.3. The fourth-order valence-electron chi connectivity index (χ4n) is 3.60. The first-order chi connectivity index (χ1) is 12.4. The standard InChI is InChI=1S/C24H28N2/c1-16-10-13-21(18(3)17(16)2)24(25)23-9-7-6-8-22(23)20-12-11-19(14-20)15-26(4)5/h6-11,13-14,25H,12,15H2,1-5H3. The van der Waals surface area contributed by atoms with Crippen molar-refractivity contribution in [1.29, 1.82) is 5.41 Å². The molecular formula is C24H28N2. The van der Waals surface area contributed by atoms with Gasteiger partial charge in [-0.1, -0.05) is 48.6 Å². The minimum Gasteiger partial charge on any atom is -0.305 e. The van der Waals surface area contributed by atoms with E-state index < -0.39 is 0 Å². The van der Waals surface area contributed by atoms with Crippen LogP contribution in [0.4, 0.5) is 0 Å². The molecule has 0 spiro atoms. The third-order valence-corrected chi connectivity index (χ3v) is 5.31. The van der Waals surface area contributed by atoms with E-state index in [1.54, 1.807) is 0 Å². The van der Waals surface area contributed by atoms with Gasteiger partial charge < -0.3 is 4.90 Å². The molecule has 0 bridgehead atoms. The number of nitrogens with zero attached hydrogens (tertiary/aromatic N) is 1. The Balaban J connectivity index is 1.99. The molecule has 2 heteroatoms. The number of hydrogen-bond donors (Lipinski definition) is 1. The minimum absolute atomic E-state index is 0.614. The lowest BCUT2D eigenvalue weighted by Gasteiger charge is -2.16. The summed E-state index contributed by atoms with van der Waals surface area (Å²) in [4.78, 5) is 2.19. The molecule has 0 fully saturated rings.